The van der Waals surface area contributed by atoms with Crippen LogP contribution in [-0.2, 0) is 22.4 Å². The number of aryl methyl sites for hydroxylation is 1. The first kappa shape index (κ1) is 14.1. The molecule has 98 valence electrons. The molecule has 0 aliphatic rings. The smallest absolute Gasteiger partial charge is 0.387 e. The van der Waals surface area contributed by atoms with Gasteiger partial charge in [-0.3, -0.25) is 4.79 Å². The number of hydrogen-bond donors (Lipinski definition) is 1. The Morgan fingerprint density at radius 2 is 2.11 bits per heavy atom. The fraction of sp³-hybridized carbons (Fsp3) is 0.333. The highest BCUT2D eigenvalue weighted by molar-refractivity contribution is 5.71. The first-order chi connectivity index (χ1) is 8.52. The molecule has 18 heavy (non-hydrogen) atoms. The Kier molecular flexibility index (Phi) is 5.23. The quantitative estimate of drug-likeness (QED) is 0.760. The molecule has 0 fully saturated rings. The average Bonchev–Trinajstić information content (AvgIpc) is 2.27. The summed E-state index contributed by atoms with van der Waals surface area (Å²) < 4.78 is 28.3. The average molecular weight is 258 g/mol. The van der Waals surface area contributed by atoms with Gasteiger partial charge in [-0.1, -0.05) is 6.07 Å². The lowest BCUT2D eigenvalue weighted by atomic mass is 10.0. The lowest BCUT2D eigenvalue weighted by Gasteiger charge is -2.10. The van der Waals surface area contributed by atoms with Crippen LogP contribution >= 0.6 is 0 Å². The Balaban J connectivity index is 2.95. The zero-order valence-corrected chi connectivity index (χ0v) is 9.44. The summed E-state index contributed by atoms with van der Waals surface area (Å²) in [7, 11) is 0. The van der Waals surface area contributed by atoms with Crippen molar-refractivity contribution >= 4 is 12.3 Å². The van der Waals surface area contributed by atoms with Crippen molar-refractivity contribution in [3.05, 3.63) is 29.3 Å². The molecule has 0 saturated carbocycles. The molecule has 0 spiro atoms. The van der Waals surface area contributed by atoms with Crippen LogP contribution in [0, 0.1) is 0 Å². The molecule has 1 aromatic carbocycles. The van der Waals surface area contributed by atoms with Gasteiger partial charge in [-0.15, -0.1) is 0 Å². The van der Waals surface area contributed by atoms with Crippen LogP contribution in [0.2, 0.25) is 0 Å². The molecule has 0 aromatic heterocycles. The minimum absolute atomic E-state index is 0.0416. The molecule has 1 rings (SSSR count). The van der Waals surface area contributed by atoms with E-state index in [1.807, 2.05) is 0 Å². The van der Waals surface area contributed by atoms with E-state index in [4.69, 9.17) is 5.11 Å². The summed E-state index contributed by atoms with van der Waals surface area (Å²) in [6.07, 6.45) is 0.964. The number of carbonyl (C=O) groups is 2. The molecule has 0 amide bonds. The SMILES string of the molecule is O=CCCc1cc(OC(F)F)ccc1CC(=O)O. The summed E-state index contributed by atoms with van der Waals surface area (Å²) in [5, 5.41) is 8.71. The number of carboxylic acids is 1. The molecule has 0 aliphatic carbocycles. The third-order valence-electron chi connectivity index (χ3n) is 2.28. The van der Waals surface area contributed by atoms with E-state index in [9.17, 15) is 18.4 Å². The van der Waals surface area contributed by atoms with Crippen molar-refractivity contribution in [3.8, 4) is 5.75 Å². The van der Waals surface area contributed by atoms with E-state index in [-0.39, 0.29) is 18.6 Å². The van der Waals surface area contributed by atoms with Gasteiger partial charge in [0.25, 0.3) is 0 Å². The fourth-order valence-electron chi connectivity index (χ4n) is 1.56. The van der Waals surface area contributed by atoms with Gasteiger partial charge in [0.1, 0.15) is 12.0 Å². The number of rotatable bonds is 7. The van der Waals surface area contributed by atoms with Gasteiger partial charge in [0.2, 0.25) is 0 Å². The number of halogens is 2. The normalized spacial score (nSPS) is 10.4. The third kappa shape index (κ3) is 4.48. The molecule has 0 heterocycles. The lowest BCUT2D eigenvalue weighted by molar-refractivity contribution is -0.136. The van der Waals surface area contributed by atoms with Crippen molar-refractivity contribution in [2.75, 3.05) is 0 Å². The second kappa shape index (κ2) is 6.68. The Hall–Kier alpha value is -1.98. The van der Waals surface area contributed by atoms with Crippen LogP contribution in [0.1, 0.15) is 17.5 Å². The molecular formula is C12H12F2O4. The number of ether oxygens (including phenoxy) is 1. The van der Waals surface area contributed by atoms with Crippen LogP contribution in [0.25, 0.3) is 0 Å². The van der Waals surface area contributed by atoms with Gasteiger partial charge in [-0.25, -0.2) is 0 Å². The highest BCUT2D eigenvalue weighted by Gasteiger charge is 2.10. The standard InChI is InChI=1S/C12H12F2O4/c13-12(14)18-10-4-3-9(7-11(16)17)8(6-10)2-1-5-15/h3-6,12H,1-2,7H2,(H,16,17). The summed E-state index contributed by atoms with van der Waals surface area (Å²) in [5.41, 5.74) is 1.02. The van der Waals surface area contributed by atoms with Crippen molar-refractivity contribution < 1.29 is 28.2 Å². The summed E-state index contributed by atoms with van der Waals surface area (Å²) in [6, 6.07) is 4.05. The van der Waals surface area contributed by atoms with Crippen LogP contribution in [0.15, 0.2) is 18.2 Å². The van der Waals surface area contributed by atoms with Crippen molar-refractivity contribution in [2.45, 2.75) is 25.9 Å². The highest BCUT2D eigenvalue weighted by atomic mass is 19.3. The first-order valence-corrected chi connectivity index (χ1v) is 5.25. The van der Waals surface area contributed by atoms with Crippen LogP contribution in [0.4, 0.5) is 8.78 Å². The predicted molar refractivity (Wildman–Crippen MR) is 58.8 cm³/mol. The maximum absolute atomic E-state index is 12.0. The number of aldehydes is 1. The van der Waals surface area contributed by atoms with Crippen molar-refractivity contribution in [1.29, 1.82) is 0 Å². The maximum atomic E-state index is 12.0. The molecule has 6 heteroatoms. The number of carbonyl (C=O) groups excluding carboxylic acids is 1. The number of aliphatic carboxylic acids is 1. The van der Waals surface area contributed by atoms with Crippen LogP contribution in [0.3, 0.4) is 0 Å². The molecule has 4 nitrogen and oxygen atoms in total. The second-order valence-corrected chi connectivity index (χ2v) is 3.58. The zero-order valence-electron chi connectivity index (χ0n) is 9.44. The number of alkyl halides is 2. The Bertz CT molecular complexity index is 432. The van der Waals surface area contributed by atoms with Crippen molar-refractivity contribution in [2.24, 2.45) is 0 Å². The van der Waals surface area contributed by atoms with Gasteiger partial charge >= 0.3 is 12.6 Å². The van der Waals surface area contributed by atoms with Gasteiger partial charge in [0.15, 0.2) is 0 Å². The fourth-order valence-corrected chi connectivity index (χ4v) is 1.56. The zero-order chi connectivity index (χ0) is 13.5. The molecule has 0 radical (unpaired) electrons. The summed E-state index contributed by atoms with van der Waals surface area (Å²) >= 11 is 0. The van der Waals surface area contributed by atoms with E-state index in [0.717, 1.165) is 0 Å². The number of hydrogen-bond acceptors (Lipinski definition) is 3. The summed E-state index contributed by atoms with van der Waals surface area (Å²) in [5.74, 6) is -1.06. The third-order valence-corrected chi connectivity index (χ3v) is 2.28. The molecule has 0 atom stereocenters. The molecular weight excluding hydrogens is 246 g/mol. The van der Waals surface area contributed by atoms with E-state index in [1.54, 1.807) is 0 Å². The Morgan fingerprint density at radius 3 is 2.67 bits per heavy atom. The minimum atomic E-state index is -2.94. The van der Waals surface area contributed by atoms with Crippen LogP contribution in [-0.4, -0.2) is 24.0 Å². The monoisotopic (exact) mass is 258 g/mol. The number of carboxylic acid groups (broad SMARTS) is 1. The minimum Gasteiger partial charge on any atom is -0.481 e. The van der Waals surface area contributed by atoms with E-state index in [2.05, 4.69) is 4.74 Å². The first-order valence-electron chi connectivity index (χ1n) is 5.25. The molecule has 0 unspecified atom stereocenters. The van der Waals surface area contributed by atoms with Crippen molar-refractivity contribution in [1.82, 2.24) is 0 Å². The van der Waals surface area contributed by atoms with Gasteiger partial charge < -0.3 is 14.6 Å². The van der Waals surface area contributed by atoms with Gasteiger partial charge in [-0.05, 0) is 29.7 Å². The highest BCUT2D eigenvalue weighted by Crippen LogP contribution is 2.21. The Morgan fingerprint density at radius 1 is 1.39 bits per heavy atom. The largest absolute Gasteiger partial charge is 0.481 e. The van der Waals surface area contributed by atoms with Crippen LogP contribution < -0.4 is 4.74 Å². The summed E-state index contributed by atoms with van der Waals surface area (Å²) in [6.45, 7) is -2.94. The molecule has 0 saturated heterocycles. The lowest BCUT2D eigenvalue weighted by Crippen LogP contribution is -2.06. The Labute approximate surface area is 102 Å². The van der Waals surface area contributed by atoms with Crippen molar-refractivity contribution in [3.63, 3.8) is 0 Å². The topological polar surface area (TPSA) is 63.6 Å². The maximum Gasteiger partial charge on any atom is 0.387 e. The summed E-state index contributed by atoms with van der Waals surface area (Å²) in [4.78, 5) is 20.9. The van der Waals surface area contributed by atoms with Gasteiger partial charge in [0, 0.05) is 6.42 Å². The predicted octanol–water partition coefficient (Wildman–Crippen LogP) is 2.05. The molecule has 0 aliphatic heterocycles. The molecule has 1 N–H and O–H groups in total. The molecule has 1 aromatic rings. The van der Waals surface area contributed by atoms with Crippen LogP contribution in [0.5, 0.6) is 5.75 Å². The molecule has 0 bridgehead atoms. The van der Waals surface area contributed by atoms with E-state index < -0.39 is 12.6 Å². The van der Waals surface area contributed by atoms with Gasteiger partial charge in [-0.2, -0.15) is 8.78 Å². The van der Waals surface area contributed by atoms with E-state index >= 15 is 0 Å². The second-order valence-electron chi connectivity index (χ2n) is 3.58. The van der Waals surface area contributed by atoms with E-state index in [1.165, 1.54) is 18.2 Å². The van der Waals surface area contributed by atoms with Gasteiger partial charge in [0.05, 0.1) is 6.42 Å². The van der Waals surface area contributed by atoms with E-state index in [0.29, 0.717) is 23.8 Å². The number of benzene rings is 1.